The number of carbonyl (C=O) groups excluding carboxylic acids is 6. The fraction of sp³-hybridized carbons (Fsp3) is 0.333. The molecule has 0 bridgehead atoms. The van der Waals surface area contributed by atoms with E-state index in [4.69, 9.17) is 28.4 Å². The lowest BCUT2D eigenvalue weighted by Gasteiger charge is -2.31. The lowest BCUT2D eigenvalue weighted by atomic mass is 9.88. The second-order valence-electron chi connectivity index (χ2n) is 19.2. The molecular weight excluding hydrogens is 991 g/mol. The van der Waals surface area contributed by atoms with Gasteiger partial charge in [0.05, 0.1) is 24.7 Å². The highest BCUT2D eigenvalue weighted by molar-refractivity contribution is 6.10. The average Bonchev–Trinajstić information content (AvgIpc) is 3.48. The molecule has 3 unspecified atom stereocenters. The van der Waals surface area contributed by atoms with Gasteiger partial charge in [0.2, 0.25) is 0 Å². The van der Waals surface area contributed by atoms with Gasteiger partial charge >= 0.3 is 17.9 Å². The zero-order chi connectivity index (χ0) is 55.5. The number of benzene rings is 6. The lowest BCUT2D eigenvalue weighted by molar-refractivity contribution is -0.162. The highest BCUT2D eigenvalue weighted by Gasteiger charge is 2.34. The summed E-state index contributed by atoms with van der Waals surface area (Å²) in [5.41, 5.74) is 2.47. The normalized spacial score (nSPS) is 12.9. The molecule has 0 radical (unpaired) electrons. The smallest absolute Gasteiger partial charge is 0.307 e. The molecule has 0 aliphatic heterocycles. The number of ether oxygens (including phenoxy) is 6. The Balaban J connectivity index is 0.929. The van der Waals surface area contributed by atoms with Crippen molar-refractivity contribution in [3.05, 3.63) is 197 Å². The SMILES string of the molecule is CCC(COC(=O)CCNC(C)COc1ccc(C(=O)c2ccccc2)cc1)(COC(=O)CCNC(C)COc1ccc(C(=O)c2ccccc2)cc1)COC(=O)CCNC(C)COc1ccc(C(=O)c2ccccc2)cc1. The first-order chi connectivity index (χ1) is 37.8. The summed E-state index contributed by atoms with van der Waals surface area (Å²) in [5.74, 6) is 0.134. The molecule has 3 N–H and O–H groups in total. The predicted molar refractivity (Wildman–Crippen MR) is 297 cm³/mol. The molecule has 0 spiro atoms. The van der Waals surface area contributed by atoms with Crippen LogP contribution in [0.2, 0.25) is 0 Å². The summed E-state index contributed by atoms with van der Waals surface area (Å²) in [6.45, 7) is 8.97. The lowest BCUT2D eigenvalue weighted by Crippen LogP contribution is -2.40. The molecule has 0 aliphatic rings. The second kappa shape index (κ2) is 31.3. The minimum atomic E-state index is -1.03. The van der Waals surface area contributed by atoms with Gasteiger partial charge in [0.25, 0.3) is 0 Å². The van der Waals surface area contributed by atoms with E-state index in [-0.39, 0.29) is 74.6 Å². The summed E-state index contributed by atoms with van der Waals surface area (Å²) in [4.78, 5) is 77.7. The Labute approximate surface area is 457 Å². The Kier molecular flexibility index (Phi) is 23.8. The zero-order valence-electron chi connectivity index (χ0n) is 44.9. The van der Waals surface area contributed by atoms with Crippen molar-refractivity contribution in [3.63, 3.8) is 0 Å². The summed E-state index contributed by atoms with van der Waals surface area (Å²) in [6, 6.07) is 47.7. The van der Waals surface area contributed by atoms with Gasteiger partial charge in [-0.1, -0.05) is 97.9 Å². The molecule has 78 heavy (non-hydrogen) atoms. The van der Waals surface area contributed by atoms with Crippen molar-refractivity contribution in [2.24, 2.45) is 5.41 Å². The molecule has 410 valence electrons. The van der Waals surface area contributed by atoms with Gasteiger partial charge < -0.3 is 44.4 Å². The Morgan fingerprint density at radius 3 is 0.859 bits per heavy atom. The van der Waals surface area contributed by atoms with Gasteiger partial charge in [-0.25, -0.2) is 0 Å². The van der Waals surface area contributed by atoms with Crippen molar-refractivity contribution in [1.29, 1.82) is 0 Å². The number of rotatable bonds is 34. The summed E-state index contributed by atoms with van der Waals surface area (Å²) in [6.07, 6.45) is 0.482. The average molecular weight is 1060 g/mol. The third-order valence-electron chi connectivity index (χ3n) is 12.8. The van der Waals surface area contributed by atoms with Gasteiger partial charge in [0.15, 0.2) is 17.3 Å². The van der Waals surface area contributed by atoms with Crippen LogP contribution in [-0.2, 0) is 28.6 Å². The van der Waals surface area contributed by atoms with Crippen LogP contribution in [0.3, 0.4) is 0 Å². The van der Waals surface area contributed by atoms with Crippen LogP contribution in [0.25, 0.3) is 0 Å². The van der Waals surface area contributed by atoms with Crippen LogP contribution in [-0.4, -0.2) is 113 Å². The molecular formula is C63H71N3O12. The number of nitrogens with one attached hydrogen (secondary N) is 3. The molecule has 6 aromatic carbocycles. The predicted octanol–water partition coefficient (Wildman–Crippen LogP) is 9.05. The fourth-order valence-corrected chi connectivity index (χ4v) is 7.83. The van der Waals surface area contributed by atoms with E-state index in [1.165, 1.54) is 0 Å². The number of carbonyl (C=O) groups is 6. The summed E-state index contributed by atoms with van der Waals surface area (Å²) >= 11 is 0. The van der Waals surface area contributed by atoms with E-state index in [9.17, 15) is 28.8 Å². The Hall–Kier alpha value is -7.98. The van der Waals surface area contributed by atoms with Crippen molar-refractivity contribution >= 4 is 35.3 Å². The summed E-state index contributed by atoms with van der Waals surface area (Å²) in [5, 5.41) is 9.80. The second-order valence-corrected chi connectivity index (χ2v) is 19.2. The molecule has 0 aromatic heterocycles. The molecule has 6 aromatic rings. The number of hydrogen-bond donors (Lipinski definition) is 3. The van der Waals surface area contributed by atoms with Crippen molar-refractivity contribution in [3.8, 4) is 17.2 Å². The molecule has 6 rings (SSSR count). The van der Waals surface area contributed by atoms with Crippen LogP contribution >= 0.6 is 0 Å². The maximum Gasteiger partial charge on any atom is 0.307 e. The van der Waals surface area contributed by atoms with Crippen molar-refractivity contribution in [2.75, 3.05) is 59.3 Å². The quantitative estimate of drug-likeness (QED) is 0.0197. The van der Waals surface area contributed by atoms with Gasteiger partial charge in [0.1, 0.15) is 56.9 Å². The number of ketones is 3. The van der Waals surface area contributed by atoms with Crippen molar-refractivity contribution in [2.45, 2.75) is 71.5 Å². The molecule has 0 fully saturated rings. The first-order valence-corrected chi connectivity index (χ1v) is 26.4. The van der Waals surface area contributed by atoms with E-state index in [1.807, 2.05) is 82.3 Å². The van der Waals surface area contributed by atoms with Crippen LogP contribution in [0.15, 0.2) is 164 Å². The molecule has 0 amide bonds. The van der Waals surface area contributed by atoms with E-state index in [1.54, 1.807) is 109 Å². The van der Waals surface area contributed by atoms with E-state index >= 15 is 0 Å². The van der Waals surface area contributed by atoms with E-state index in [2.05, 4.69) is 16.0 Å². The van der Waals surface area contributed by atoms with Gasteiger partial charge in [-0.2, -0.15) is 0 Å². The molecule has 15 heteroatoms. The third kappa shape index (κ3) is 19.9. The molecule has 0 heterocycles. The van der Waals surface area contributed by atoms with Gasteiger partial charge in [-0.3, -0.25) is 28.8 Å². The van der Waals surface area contributed by atoms with Crippen molar-refractivity contribution in [1.82, 2.24) is 16.0 Å². The molecule has 3 atom stereocenters. The van der Waals surface area contributed by atoms with Crippen LogP contribution in [0, 0.1) is 5.41 Å². The number of hydrogen-bond acceptors (Lipinski definition) is 15. The van der Waals surface area contributed by atoms with Crippen LogP contribution < -0.4 is 30.2 Å². The van der Waals surface area contributed by atoms with Gasteiger partial charge in [0, 0.05) is 71.1 Å². The first kappa shape index (κ1) is 59.3. The minimum absolute atomic E-state index is 0.0413. The van der Waals surface area contributed by atoms with Crippen molar-refractivity contribution < 1.29 is 57.2 Å². The Morgan fingerprint density at radius 2 is 0.615 bits per heavy atom. The van der Waals surface area contributed by atoms with Crippen LogP contribution in [0.1, 0.15) is 101 Å². The first-order valence-electron chi connectivity index (χ1n) is 26.4. The highest BCUT2D eigenvalue weighted by atomic mass is 16.6. The topological polar surface area (TPSA) is 194 Å². The highest BCUT2D eigenvalue weighted by Crippen LogP contribution is 2.26. The van der Waals surface area contributed by atoms with E-state index in [0.29, 0.717) is 96.5 Å². The Bertz CT molecular complexity index is 2510. The Morgan fingerprint density at radius 1 is 0.372 bits per heavy atom. The number of esters is 3. The maximum atomic E-state index is 13.1. The third-order valence-corrected chi connectivity index (χ3v) is 12.8. The summed E-state index contributed by atoms with van der Waals surface area (Å²) in [7, 11) is 0. The molecule has 15 nitrogen and oxygen atoms in total. The zero-order valence-corrected chi connectivity index (χ0v) is 44.9. The van der Waals surface area contributed by atoms with E-state index < -0.39 is 23.3 Å². The molecule has 0 saturated heterocycles. The largest absolute Gasteiger partial charge is 0.492 e. The molecule has 0 saturated carbocycles. The summed E-state index contributed by atoms with van der Waals surface area (Å²) < 4.78 is 35.0. The van der Waals surface area contributed by atoms with Gasteiger partial charge in [-0.15, -0.1) is 0 Å². The van der Waals surface area contributed by atoms with Crippen LogP contribution in [0.5, 0.6) is 17.2 Å². The molecule has 0 aliphatic carbocycles. The fourth-order valence-electron chi connectivity index (χ4n) is 7.83. The monoisotopic (exact) mass is 1060 g/mol. The minimum Gasteiger partial charge on any atom is -0.492 e. The van der Waals surface area contributed by atoms with Crippen LogP contribution in [0.4, 0.5) is 0 Å². The van der Waals surface area contributed by atoms with Gasteiger partial charge in [-0.05, 0) is 100.0 Å². The maximum absolute atomic E-state index is 13.1. The standard InChI is InChI=1S/C63H71N3O12/c1-5-63(42-76-57(67)33-36-64-45(2)39-73-54-27-21-51(22-28-54)60(70)48-15-9-6-10-16-48,43-77-58(68)34-37-65-46(3)40-74-55-29-23-52(24-30-55)61(71)49-17-11-7-12-18-49)44-78-59(69)35-38-66-47(4)41-75-56-31-25-53(26-32-56)62(72)50-19-13-8-14-20-50/h6-32,45-47,64-66H,5,33-44H2,1-4H3. The van der Waals surface area contributed by atoms with E-state index in [0.717, 1.165) is 0 Å².